The van der Waals surface area contributed by atoms with Gasteiger partial charge in [0.1, 0.15) is 6.61 Å². The van der Waals surface area contributed by atoms with E-state index in [1.807, 2.05) is 12.2 Å². The highest BCUT2D eigenvalue weighted by atomic mass is 19.4. The number of rotatable bonds is 7. The van der Waals surface area contributed by atoms with Crippen LogP contribution in [0.2, 0.25) is 0 Å². The molecule has 0 saturated carbocycles. The quantitative estimate of drug-likeness (QED) is 0.519. The van der Waals surface area contributed by atoms with Crippen LogP contribution in [0.4, 0.5) is 18.9 Å². The summed E-state index contributed by atoms with van der Waals surface area (Å²) >= 11 is 0. The maximum Gasteiger partial charge on any atom is 0.471 e. The molecule has 0 aliphatic carbocycles. The molecule has 158 valence electrons. The monoisotopic (exact) mass is 413 g/mol. The van der Waals surface area contributed by atoms with Crippen LogP contribution in [0.3, 0.4) is 0 Å². The highest BCUT2D eigenvalue weighted by Gasteiger charge is 2.41. The lowest BCUT2D eigenvalue weighted by atomic mass is 9.88. The van der Waals surface area contributed by atoms with E-state index in [1.165, 1.54) is 0 Å². The molecule has 0 bridgehead atoms. The molecule has 2 N–H and O–H groups in total. The number of cyclic esters (lactones) is 1. The summed E-state index contributed by atoms with van der Waals surface area (Å²) in [6.07, 6.45) is -2.59. The summed E-state index contributed by atoms with van der Waals surface area (Å²) in [4.78, 5) is 34.5. The molecule has 1 aromatic carbocycles. The van der Waals surface area contributed by atoms with Crippen LogP contribution in [0.5, 0.6) is 0 Å². The molecule has 0 fully saturated rings. The van der Waals surface area contributed by atoms with Gasteiger partial charge in [-0.1, -0.05) is 18.6 Å². The number of carboxylic acid groups (broad SMARTS) is 1. The molecule has 0 unspecified atom stereocenters. The number of carbonyl (C=O) groups excluding carboxylic acids is 2. The lowest BCUT2D eigenvalue weighted by Crippen LogP contribution is -2.31. The Bertz CT molecular complexity index is 887. The van der Waals surface area contributed by atoms with Gasteiger partial charge in [-0.2, -0.15) is 13.2 Å². The minimum absolute atomic E-state index is 0.0520. The predicted molar refractivity (Wildman–Crippen MR) is 98.7 cm³/mol. The topological polar surface area (TPSA) is 92.7 Å². The van der Waals surface area contributed by atoms with Gasteiger partial charge in [-0.05, 0) is 49.8 Å². The Hall–Kier alpha value is -2.84. The van der Waals surface area contributed by atoms with Crippen LogP contribution in [0, 0.1) is 6.92 Å². The molecule has 29 heavy (non-hydrogen) atoms. The van der Waals surface area contributed by atoms with Crippen molar-refractivity contribution in [2.24, 2.45) is 0 Å². The number of benzene rings is 1. The van der Waals surface area contributed by atoms with Gasteiger partial charge in [-0.25, -0.2) is 4.79 Å². The third kappa shape index (κ3) is 4.96. The van der Waals surface area contributed by atoms with Crippen LogP contribution in [-0.2, 0) is 33.8 Å². The Balaban J connectivity index is 2.57. The average Bonchev–Trinajstić information content (AvgIpc) is 3.01. The molecule has 0 atom stereocenters. The number of esters is 1. The van der Waals surface area contributed by atoms with Gasteiger partial charge in [0.15, 0.2) is 0 Å². The first-order valence-electron chi connectivity index (χ1n) is 9.07. The summed E-state index contributed by atoms with van der Waals surface area (Å²) in [6, 6.07) is 0. The van der Waals surface area contributed by atoms with Crippen molar-refractivity contribution < 1.29 is 37.4 Å². The summed E-state index contributed by atoms with van der Waals surface area (Å²) in [5.74, 6) is -3.91. The van der Waals surface area contributed by atoms with E-state index >= 15 is 0 Å². The first-order valence-corrected chi connectivity index (χ1v) is 9.07. The summed E-state index contributed by atoms with van der Waals surface area (Å²) in [5.41, 5.74) is 2.84. The van der Waals surface area contributed by atoms with Gasteiger partial charge in [0.05, 0.1) is 11.3 Å². The molecule has 0 aromatic heterocycles. The molecule has 0 spiro atoms. The van der Waals surface area contributed by atoms with Crippen molar-refractivity contribution >= 4 is 23.5 Å². The molecule has 1 aromatic rings. The maximum atomic E-state index is 12.9. The molecule has 1 aliphatic heterocycles. The molecule has 0 saturated heterocycles. The van der Waals surface area contributed by atoms with Crippen molar-refractivity contribution in [2.75, 3.05) is 5.32 Å². The van der Waals surface area contributed by atoms with Crippen LogP contribution < -0.4 is 5.32 Å². The van der Waals surface area contributed by atoms with Crippen molar-refractivity contribution in [2.45, 2.75) is 59.2 Å². The third-order valence-corrected chi connectivity index (χ3v) is 4.91. The van der Waals surface area contributed by atoms with Gasteiger partial charge in [0, 0.05) is 12.0 Å². The van der Waals surface area contributed by atoms with E-state index in [9.17, 15) is 27.6 Å². The van der Waals surface area contributed by atoms with Crippen LogP contribution >= 0.6 is 0 Å². The number of ether oxygens (including phenoxy) is 1. The number of allylic oxidation sites excluding steroid dienone is 2. The maximum absolute atomic E-state index is 12.9. The summed E-state index contributed by atoms with van der Waals surface area (Å²) in [7, 11) is 0. The Labute approximate surface area is 165 Å². The molecule has 2 rings (SSSR count). The fraction of sp³-hybridized carbons (Fsp3) is 0.450. The van der Waals surface area contributed by atoms with Crippen molar-refractivity contribution in [3.05, 3.63) is 39.5 Å². The van der Waals surface area contributed by atoms with Gasteiger partial charge in [0.25, 0.3) is 0 Å². The minimum atomic E-state index is -5.11. The minimum Gasteiger partial charge on any atom is -0.481 e. The van der Waals surface area contributed by atoms with E-state index in [0.717, 1.165) is 16.7 Å². The average molecular weight is 413 g/mol. The second-order valence-corrected chi connectivity index (χ2v) is 6.84. The van der Waals surface area contributed by atoms with Crippen molar-refractivity contribution in [1.82, 2.24) is 0 Å². The van der Waals surface area contributed by atoms with Crippen LogP contribution in [0.25, 0.3) is 0 Å². The molecular weight excluding hydrogens is 391 g/mol. The number of nitrogens with one attached hydrogen (secondary N) is 1. The van der Waals surface area contributed by atoms with E-state index in [4.69, 9.17) is 9.84 Å². The van der Waals surface area contributed by atoms with Gasteiger partial charge in [0.2, 0.25) is 0 Å². The Kier molecular flexibility index (Phi) is 6.71. The highest BCUT2D eigenvalue weighted by molar-refractivity contribution is 6.06. The van der Waals surface area contributed by atoms with Gasteiger partial charge in [-0.3, -0.25) is 9.59 Å². The number of halogens is 3. The smallest absolute Gasteiger partial charge is 0.471 e. The molecule has 6 nitrogen and oxygen atoms in total. The lowest BCUT2D eigenvalue weighted by molar-refractivity contribution is -0.167. The van der Waals surface area contributed by atoms with Crippen molar-refractivity contribution in [3.8, 4) is 0 Å². The van der Waals surface area contributed by atoms with Crippen LogP contribution in [0.15, 0.2) is 11.6 Å². The van der Waals surface area contributed by atoms with E-state index in [0.29, 0.717) is 17.5 Å². The van der Waals surface area contributed by atoms with Gasteiger partial charge >= 0.3 is 24.0 Å². The molecule has 1 aliphatic rings. The number of fused-ring (bicyclic) bond motifs is 1. The fourth-order valence-electron chi connectivity index (χ4n) is 3.37. The number of amides is 1. The Morgan fingerprint density at radius 1 is 1.24 bits per heavy atom. The largest absolute Gasteiger partial charge is 0.481 e. The van der Waals surface area contributed by atoms with E-state index < -0.39 is 24.0 Å². The van der Waals surface area contributed by atoms with Crippen molar-refractivity contribution in [3.63, 3.8) is 0 Å². The number of carboxylic acids is 1. The number of hydrogen-bond acceptors (Lipinski definition) is 4. The van der Waals surface area contributed by atoms with E-state index in [-0.39, 0.29) is 37.1 Å². The fourth-order valence-corrected chi connectivity index (χ4v) is 3.37. The summed E-state index contributed by atoms with van der Waals surface area (Å²) in [6.45, 7) is 5.25. The van der Waals surface area contributed by atoms with Crippen molar-refractivity contribution in [1.29, 1.82) is 0 Å². The first kappa shape index (κ1) is 22.4. The molecule has 1 amide bonds. The SMILES string of the molecule is CCc1c(C)c2c(c(NC(=O)C(F)(F)F)c1CC=C(C)CCC(=O)O)C(=O)OC2. The Morgan fingerprint density at radius 3 is 2.45 bits per heavy atom. The van der Waals surface area contributed by atoms with Gasteiger partial charge < -0.3 is 15.2 Å². The summed E-state index contributed by atoms with van der Waals surface area (Å²) in [5, 5.41) is 10.7. The van der Waals surface area contributed by atoms with E-state index in [1.54, 1.807) is 19.9 Å². The number of alkyl halides is 3. The number of anilines is 1. The number of carbonyl (C=O) groups is 3. The second-order valence-electron chi connectivity index (χ2n) is 6.84. The highest BCUT2D eigenvalue weighted by Crippen LogP contribution is 2.38. The molecule has 1 heterocycles. The normalized spacial score (nSPS) is 13.9. The first-order chi connectivity index (χ1) is 13.5. The van der Waals surface area contributed by atoms with Gasteiger partial charge in [-0.15, -0.1) is 0 Å². The number of aliphatic carboxylic acids is 1. The van der Waals surface area contributed by atoms with Crippen LogP contribution in [0.1, 0.15) is 59.3 Å². The standard InChI is InChI=1S/C20H22F3NO5/c1-4-12-11(3)14-9-29-18(27)16(14)17(24-19(28)20(21,22)23)13(12)7-5-10(2)6-8-15(25)26/h5H,4,6-9H2,1-3H3,(H,24,28)(H,25,26). The molecule has 9 heteroatoms. The molecular formula is C20H22F3NO5. The second kappa shape index (κ2) is 8.67. The predicted octanol–water partition coefficient (Wildman–Crippen LogP) is 4.08. The molecule has 0 radical (unpaired) electrons. The zero-order valence-corrected chi connectivity index (χ0v) is 16.3. The number of hydrogen-bond donors (Lipinski definition) is 2. The Morgan fingerprint density at radius 2 is 1.90 bits per heavy atom. The lowest BCUT2D eigenvalue weighted by Gasteiger charge is -2.20. The zero-order valence-electron chi connectivity index (χ0n) is 16.3. The zero-order chi connectivity index (χ0) is 21.9. The third-order valence-electron chi connectivity index (χ3n) is 4.91. The summed E-state index contributed by atoms with van der Waals surface area (Å²) < 4.78 is 43.6. The van der Waals surface area contributed by atoms with Crippen LogP contribution in [-0.4, -0.2) is 29.1 Å². The van der Waals surface area contributed by atoms with E-state index in [2.05, 4.69) is 0 Å².